The van der Waals surface area contributed by atoms with Crippen LogP contribution in [0.5, 0.6) is 5.75 Å². The minimum Gasteiger partial charge on any atom is -0.494 e. The Labute approximate surface area is 121 Å². The lowest BCUT2D eigenvalue weighted by atomic mass is 10.2. The molecule has 3 rings (SSSR count). The lowest BCUT2D eigenvalue weighted by molar-refractivity contribution is 0.0744. The van der Waals surface area contributed by atoms with E-state index in [-0.39, 0.29) is 11.8 Å². The molecule has 2 aromatic rings. The van der Waals surface area contributed by atoms with Crippen molar-refractivity contribution < 1.29 is 18.4 Å². The Bertz CT molecular complexity index is 611. The minimum absolute atomic E-state index is 0.154. The highest BCUT2D eigenvalue weighted by Crippen LogP contribution is 2.24. The van der Waals surface area contributed by atoms with E-state index in [4.69, 9.17) is 14.0 Å². The largest absolute Gasteiger partial charge is 0.494 e. The van der Waals surface area contributed by atoms with Crippen molar-refractivity contribution in [3.8, 4) is 17.1 Å². The molecule has 112 valence electrons. The maximum Gasteiger partial charge on any atom is 0.228 e. The molecule has 1 aromatic heterocycles. The highest BCUT2D eigenvalue weighted by atomic mass is 19.1. The van der Waals surface area contributed by atoms with E-state index < -0.39 is 5.82 Å². The fourth-order valence-electron chi connectivity index (χ4n) is 2.22. The van der Waals surface area contributed by atoms with Crippen LogP contribution < -0.4 is 10.1 Å². The summed E-state index contributed by atoms with van der Waals surface area (Å²) in [5.74, 6) is 0.672. The smallest absolute Gasteiger partial charge is 0.228 e. The van der Waals surface area contributed by atoms with E-state index in [1.54, 1.807) is 12.1 Å². The second-order valence-corrected chi connectivity index (χ2v) is 4.79. The number of aromatic nitrogens is 2. The summed E-state index contributed by atoms with van der Waals surface area (Å²) in [6, 6.07) is 4.64. The maximum absolute atomic E-state index is 13.4. The number of benzene rings is 1. The van der Waals surface area contributed by atoms with E-state index in [9.17, 15) is 4.39 Å². The maximum atomic E-state index is 13.4. The molecule has 21 heavy (non-hydrogen) atoms. The van der Waals surface area contributed by atoms with Crippen molar-refractivity contribution in [2.45, 2.75) is 12.5 Å². The average molecular weight is 293 g/mol. The predicted molar refractivity (Wildman–Crippen MR) is 72.6 cm³/mol. The Hall–Kier alpha value is -1.99. The predicted octanol–water partition coefficient (Wildman–Crippen LogP) is 1.42. The molecule has 6 nitrogen and oxygen atoms in total. The number of nitrogens with zero attached hydrogens (tertiary/aromatic N) is 2. The van der Waals surface area contributed by atoms with Crippen LogP contribution in [0.25, 0.3) is 11.4 Å². The third kappa shape index (κ3) is 3.20. The first kappa shape index (κ1) is 14.0. The van der Waals surface area contributed by atoms with Crippen LogP contribution in [0.3, 0.4) is 0 Å². The number of methoxy groups -OCH3 is 1. The van der Waals surface area contributed by atoms with Crippen molar-refractivity contribution in [2.24, 2.45) is 0 Å². The summed E-state index contributed by atoms with van der Waals surface area (Å²) in [6.07, 6.45) is 0.603. The van der Waals surface area contributed by atoms with Crippen molar-refractivity contribution >= 4 is 0 Å². The molecule has 0 saturated carbocycles. The molecular weight excluding hydrogens is 277 g/mol. The fourth-order valence-corrected chi connectivity index (χ4v) is 2.22. The molecule has 1 aliphatic heterocycles. The van der Waals surface area contributed by atoms with Crippen LogP contribution in [-0.2, 0) is 11.2 Å². The highest BCUT2D eigenvalue weighted by molar-refractivity contribution is 5.57. The standard InChI is InChI=1S/C14H16FN3O3/c1-19-12-6-9(2-3-11(12)15)14-17-13(21-18-14)7-10-8-20-5-4-16-10/h2-3,6,10,16H,4-5,7-8H2,1H3. The third-order valence-corrected chi connectivity index (χ3v) is 3.30. The molecule has 0 spiro atoms. The summed E-state index contributed by atoms with van der Waals surface area (Å²) in [4.78, 5) is 4.33. The summed E-state index contributed by atoms with van der Waals surface area (Å²) < 4.78 is 28.9. The van der Waals surface area contributed by atoms with E-state index in [1.165, 1.54) is 13.2 Å². The molecule has 0 amide bonds. The summed E-state index contributed by atoms with van der Waals surface area (Å²) in [5.41, 5.74) is 0.649. The van der Waals surface area contributed by atoms with E-state index in [0.717, 1.165) is 13.2 Å². The molecule has 1 N–H and O–H groups in total. The van der Waals surface area contributed by atoms with Gasteiger partial charge < -0.3 is 19.3 Å². The quantitative estimate of drug-likeness (QED) is 0.919. The van der Waals surface area contributed by atoms with Gasteiger partial charge >= 0.3 is 0 Å². The summed E-state index contributed by atoms with van der Waals surface area (Å²) >= 11 is 0. The van der Waals surface area contributed by atoms with Crippen LogP contribution in [0.2, 0.25) is 0 Å². The Balaban J connectivity index is 1.74. The Morgan fingerprint density at radius 1 is 1.48 bits per heavy atom. The van der Waals surface area contributed by atoms with Crippen molar-refractivity contribution in [1.82, 2.24) is 15.5 Å². The highest BCUT2D eigenvalue weighted by Gasteiger charge is 2.18. The minimum atomic E-state index is -0.423. The van der Waals surface area contributed by atoms with Crippen molar-refractivity contribution in [2.75, 3.05) is 26.9 Å². The summed E-state index contributed by atoms with van der Waals surface area (Å²) in [6.45, 7) is 2.17. The number of nitrogens with one attached hydrogen (secondary N) is 1. The second kappa shape index (κ2) is 6.19. The van der Waals surface area contributed by atoms with Gasteiger partial charge in [-0.2, -0.15) is 4.98 Å². The Morgan fingerprint density at radius 2 is 2.38 bits per heavy atom. The number of halogens is 1. The third-order valence-electron chi connectivity index (χ3n) is 3.30. The molecule has 7 heteroatoms. The van der Waals surface area contributed by atoms with Gasteiger partial charge in [0.1, 0.15) is 0 Å². The Morgan fingerprint density at radius 3 is 3.14 bits per heavy atom. The van der Waals surface area contributed by atoms with Gasteiger partial charge in [-0.15, -0.1) is 0 Å². The molecule has 1 atom stereocenters. The van der Waals surface area contributed by atoms with Crippen LogP contribution in [0.1, 0.15) is 5.89 Å². The molecule has 1 aliphatic rings. The number of morpholine rings is 1. The van der Waals surface area contributed by atoms with Gasteiger partial charge in [-0.25, -0.2) is 4.39 Å². The first-order chi connectivity index (χ1) is 10.3. The zero-order chi connectivity index (χ0) is 14.7. The summed E-state index contributed by atoms with van der Waals surface area (Å²) in [7, 11) is 1.42. The molecule has 1 aromatic carbocycles. The van der Waals surface area contributed by atoms with Crippen LogP contribution in [0, 0.1) is 5.82 Å². The van der Waals surface area contributed by atoms with Gasteiger partial charge in [0.2, 0.25) is 11.7 Å². The molecule has 1 saturated heterocycles. The van der Waals surface area contributed by atoms with Gasteiger partial charge in [-0.1, -0.05) is 5.16 Å². The number of rotatable bonds is 4. The SMILES string of the molecule is COc1cc(-c2noc(CC3COCCN3)n2)ccc1F. The number of hydrogen-bond acceptors (Lipinski definition) is 6. The average Bonchev–Trinajstić information content (AvgIpc) is 2.97. The molecule has 2 heterocycles. The van der Waals surface area contributed by atoms with E-state index in [0.29, 0.717) is 30.3 Å². The van der Waals surface area contributed by atoms with Crippen molar-refractivity contribution in [3.63, 3.8) is 0 Å². The Kier molecular flexibility index (Phi) is 4.12. The molecule has 1 unspecified atom stereocenters. The molecule has 0 aliphatic carbocycles. The van der Waals surface area contributed by atoms with Crippen LogP contribution in [-0.4, -0.2) is 43.1 Å². The molecule has 1 fully saturated rings. The molecular formula is C14H16FN3O3. The van der Waals surface area contributed by atoms with E-state index in [2.05, 4.69) is 15.5 Å². The van der Waals surface area contributed by atoms with Gasteiger partial charge in [0.05, 0.1) is 20.3 Å². The van der Waals surface area contributed by atoms with E-state index in [1.807, 2.05) is 0 Å². The van der Waals surface area contributed by atoms with Gasteiger partial charge in [0, 0.05) is 24.6 Å². The number of ether oxygens (including phenoxy) is 2. The molecule has 0 bridgehead atoms. The fraction of sp³-hybridized carbons (Fsp3) is 0.429. The van der Waals surface area contributed by atoms with Gasteiger partial charge in [0.25, 0.3) is 0 Å². The normalized spacial score (nSPS) is 18.7. The zero-order valence-corrected chi connectivity index (χ0v) is 11.6. The van der Waals surface area contributed by atoms with Crippen LogP contribution >= 0.6 is 0 Å². The van der Waals surface area contributed by atoms with Gasteiger partial charge in [0.15, 0.2) is 11.6 Å². The number of hydrogen-bond donors (Lipinski definition) is 1. The zero-order valence-electron chi connectivity index (χ0n) is 11.6. The van der Waals surface area contributed by atoms with E-state index >= 15 is 0 Å². The first-order valence-electron chi connectivity index (χ1n) is 6.74. The lowest BCUT2D eigenvalue weighted by Crippen LogP contribution is -2.42. The van der Waals surface area contributed by atoms with Crippen molar-refractivity contribution in [3.05, 3.63) is 29.9 Å². The topological polar surface area (TPSA) is 69.4 Å². The molecule has 0 radical (unpaired) electrons. The van der Waals surface area contributed by atoms with Crippen molar-refractivity contribution in [1.29, 1.82) is 0 Å². The van der Waals surface area contributed by atoms with Gasteiger partial charge in [-0.05, 0) is 18.2 Å². The van der Waals surface area contributed by atoms with Crippen LogP contribution in [0.15, 0.2) is 22.7 Å². The summed E-state index contributed by atoms with van der Waals surface area (Å²) in [5, 5.41) is 7.24. The van der Waals surface area contributed by atoms with Crippen LogP contribution in [0.4, 0.5) is 4.39 Å². The van der Waals surface area contributed by atoms with Gasteiger partial charge in [-0.3, -0.25) is 0 Å². The first-order valence-corrected chi connectivity index (χ1v) is 6.74. The second-order valence-electron chi connectivity index (χ2n) is 4.79. The monoisotopic (exact) mass is 293 g/mol. The lowest BCUT2D eigenvalue weighted by Gasteiger charge is -2.22.